The van der Waals surface area contributed by atoms with Crippen LogP contribution in [0.15, 0.2) is 48.6 Å². The lowest BCUT2D eigenvalue weighted by Crippen LogP contribution is -2.53. The smallest absolute Gasteiger partial charge is 0.249 e. The first kappa shape index (κ1) is 46.3. The van der Waals surface area contributed by atoms with Crippen LogP contribution < -0.4 is 5.32 Å². The van der Waals surface area contributed by atoms with Crippen molar-refractivity contribution in [3.8, 4) is 0 Å². The van der Waals surface area contributed by atoms with Crippen LogP contribution >= 0.6 is 0 Å². The van der Waals surface area contributed by atoms with E-state index in [0.29, 0.717) is 19.3 Å². The molecule has 1 amide bonds. The number of carbonyl (C=O) groups is 1. The largest absolute Gasteiger partial charge is 0.394 e. The summed E-state index contributed by atoms with van der Waals surface area (Å²) in [4.78, 5) is 12.5. The van der Waals surface area contributed by atoms with Gasteiger partial charge in [0.1, 0.15) is 12.2 Å². The molecular weight excluding hydrogens is 598 g/mol. The van der Waals surface area contributed by atoms with Crippen molar-refractivity contribution < 1.29 is 25.2 Å². The van der Waals surface area contributed by atoms with Crippen LogP contribution in [0.1, 0.15) is 181 Å². The van der Waals surface area contributed by atoms with Crippen LogP contribution in [0.3, 0.4) is 0 Å². The molecule has 0 radical (unpaired) electrons. The van der Waals surface area contributed by atoms with Crippen LogP contribution in [0.4, 0.5) is 0 Å². The van der Waals surface area contributed by atoms with E-state index in [1.54, 1.807) is 0 Å². The van der Waals surface area contributed by atoms with E-state index in [1.807, 2.05) is 6.92 Å². The van der Waals surface area contributed by atoms with E-state index < -0.39 is 36.9 Å². The molecule has 0 aromatic carbocycles. The molecule has 0 aliphatic carbocycles. The van der Waals surface area contributed by atoms with Gasteiger partial charge in [-0.15, -0.1) is 0 Å². The second-order valence-electron chi connectivity index (χ2n) is 13.6. The lowest BCUT2D eigenvalue weighted by molar-refractivity contribution is -0.132. The number of amides is 1. The molecule has 0 fully saturated rings. The van der Waals surface area contributed by atoms with Crippen LogP contribution in [0, 0.1) is 0 Å². The molecule has 4 atom stereocenters. The van der Waals surface area contributed by atoms with E-state index in [4.69, 9.17) is 0 Å². The van der Waals surface area contributed by atoms with Gasteiger partial charge in [-0.05, 0) is 84.0 Å². The zero-order valence-electron chi connectivity index (χ0n) is 31.2. The summed E-state index contributed by atoms with van der Waals surface area (Å²) in [6, 6.07) is -1.01. The molecule has 6 nitrogen and oxygen atoms in total. The molecule has 48 heavy (non-hydrogen) atoms. The third-order valence-electron chi connectivity index (χ3n) is 9.06. The van der Waals surface area contributed by atoms with Gasteiger partial charge in [0.05, 0.1) is 18.8 Å². The quantitative estimate of drug-likeness (QED) is 0.0339. The Morgan fingerprint density at radius 2 is 0.958 bits per heavy atom. The van der Waals surface area contributed by atoms with Crippen LogP contribution in [0.2, 0.25) is 0 Å². The molecule has 0 saturated heterocycles. The number of rotatable bonds is 35. The van der Waals surface area contributed by atoms with Gasteiger partial charge in [-0.3, -0.25) is 4.79 Å². The Hall–Kier alpha value is -1.73. The highest BCUT2D eigenvalue weighted by Crippen LogP contribution is 2.14. The Labute approximate surface area is 296 Å². The van der Waals surface area contributed by atoms with Gasteiger partial charge in [0, 0.05) is 0 Å². The highest BCUT2D eigenvalue weighted by Gasteiger charge is 2.28. The Morgan fingerprint density at radius 3 is 1.44 bits per heavy atom. The highest BCUT2D eigenvalue weighted by molar-refractivity contribution is 5.80. The van der Waals surface area contributed by atoms with Crippen LogP contribution in [-0.4, -0.2) is 57.3 Å². The number of carbonyl (C=O) groups excluding carboxylic acids is 1. The Bertz CT molecular complexity index is 808. The first-order valence-corrected chi connectivity index (χ1v) is 20.0. The van der Waals surface area contributed by atoms with Crippen LogP contribution in [0.25, 0.3) is 0 Å². The maximum atomic E-state index is 12.5. The summed E-state index contributed by atoms with van der Waals surface area (Å²) in [7, 11) is 0. The predicted octanol–water partition coefficient (Wildman–Crippen LogP) is 9.95. The zero-order valence-corrected chi connectivity index (χ0v) is 31.2. The average molecular weight is 676 g/mol. The fourth-order valence-electron chi connectivity index (χ4n) is 5.85. The molecular formula is C42H77NO5. The van der Waals surface area contributed by atoms with Crippen molar-refractivity contribution in [2.75, 3.05) is 6.61 Å². The first-order chi connectivity index (χ1) is 23.5. The summed E-state index contributed by atoms with van der Waals surface area (Å²) in [6.07, 6.45) is 42.9. The van der Waals surface area contributed by atoms with Gasteiger partial charge >= 0.3 is 0 Å². The van der Waals surface area contributed by atoms with Gasteiger partial charge in [0.15, 0.2) is 0 Å². The minimum atomic E-state index is -1.29. The molecule has 0 bridgehead atoms. The van der Waals surface area contributed by atoms with Crippen LogP contribution in [-0.2, 0) is 4.79 Å². The Morgan fingerprint density at radius 1 is 0.542 bits per heavy atom. The molecule has 0 aromatic heterocycles. The second kappa shape index (κ2) is 36.5. The predicted molar refractivity (Wildman–Crippen MR) is 205 cm³/mol. The van der Waals surface area contributed by atoms with E-state index >= 15 is 0 Å². The van der Waals surface area contributed by atoms with E-state index in [-0.39, 0.29) is 0 Å². The second-order valence-corrected chi connectivity index (χ2v) is 13.6. The maximum Gasteiger partial charge on any atom is 0.249 e. The lowest BCUT2D eigenvalue weighted by Gasteiger charge is -2.27. The Balaban J connectivity index is 3.82. The first-order valence-electron chi connectivity index (χ1n) is 20.0. The van der Waals surface area contributed by atoms with Crippen molar-refractivity contribution in [3.05, 3.63) is 48.6 Å². The number of hydrogen-bond acceptors (Lipinski definition) is 5. The molecule has 0 saturated carbocycles. The molecule has 0 aliphatic heterocycles. The van der Waals surface area contributed by atoms with E-state index in [2.05, 4.69) is 60.8 Å². The van der Waals surface area contributed by atoms with E-state index in [1.165, 1.54) is 83.5 Å². The van der Waals surface area contributed by atoms with Crippen molar-refractivity contribution >= 4 is 5.91 Å². The van der Waals surface area contributed by atoms with Gasteiger partial charge in [-0.2, -0.15) is 0 Å². The van der Waals surface area contributed by atoms with E-state index in [0.717, 1.165) is 64.2 Å². The average Bonchev–Trinajstić information content (AvgIpc) is 3.09. The van der Waals surface area contributed by atoms with Gasteiger partial charge in [0.25, 0.3) is 0 Å². The van der Waals surface area contributed by atoms with E-state index in [9.17, 15) is 25.2 Å². The molecule has 280 valence electrons. The third-order valence-corrected chi connectivity index (χ3v) is 9.06. The van der Waals surface area contributed by atoms with Crippen molar-refractivity contribution in [3.63, 3.8) is 0 Å². The zero-order chi connectivity index (χ0) is 35.3. The minimum Gasteiger partial charge on any atom is -0.394 e. The molecule has 0 aliphatic rings. The fraction of sp³-hybridized carbons (Fsp3) is 0.786. The van der Waals surface area contributed by atoms with Gasteiger partial charge in [-0.25, -0.2) is 0 Å². The molecule has 6 heteroatoms. The number of unbranched alkanes of at least 4 members (excludes halogenated alkanes) is 19. The third kappa shape index (κ3) is 30.3. The SMILES string of the molecule is C/C=C/CC/C=C/CC/C=C/CCCC(O)C(O)C(CO)NC(=O)C(O)CCCCCCCC/C=C\CCCCCCCCCCCC. The molecule has 0 aromatic rings. The van der Waals surface area contributed by atoms with Gasteiger partial charge < -0.3 is 25.7 Å². The van der Waals surface area contributed by atoms with Crippen molar-refractivity contribution in [1.82, 2.24) is 5.32 Å². The summed E-state index contributed by atoms with van der Waals surface area (Å²) < 4.78 is 0. The standard InChI is InChI=1S/C42H77NO5/c1-3-5-7-9-11-13-15-17-18-19-20-21-22-23-24-26-28-30-32-34-36-40(46)42(48)43-38(37-44)41(47)39(45)35-33-31-29-27-25-16-14-12-10-8-6-4-2/h4,6,12,14,21-22,27,29,38-41,44-47H,3,5,7-11,13,15-20,23-26,28,30-37H2,1-2H3,(H,43,48)/b6-4+,14-12+,22-21-,29-27+. The number of aliphatic hydroxyl groups excluding tert-OH is 4. The monoisotopic (exact) mass is 676 g/mol. The topological polar surface area (TPSA) is 110 Å². The molecule has 5 N–H and O–H groups in total. The summed E-state index contributed by atoms with van der Waals surface area (Å²) in [5.74, 6) is -0.608. The number of aliphatic hydroxyl groups is 4. The summed E-state index contributed by atoms with van der Waals surface area (Å²) in [5.41, 5.74) is 0. The fourth-order valence-corrected chi connectivity index (χ4v) is 5.85. The number of hydrogen-bond donors (Lipinski definition) is 5. The van der Waals surface area contributed by atoms with Gasteiger partial charge in [0.2, 0.25) is 5.91 Å². The lowest BCUT2D eigenvalue weighted by atomic mass is 10.00. The molecule has 0 heterocycles. The summed E-state index contributed by atoms with van der Waals surface area (Å²) in [5, 5.41) is 43.4. The normalized spacial score (nSPS) is 14.9. The van der Waals surface area contributed by atoms with Crippen LogP contribution in [0.5, 0.6) is 0 Å². The van der Waals surface area contributed by atoms with Gasteiger partial charge in [-0.1, -0.05) is 145 Å². The molecule has 4 unspecified atom stereocenters. The van der Waals surface area contributed by atoms with Crippen molar-refractivity contribution in [1.29, 1.82) is 0 Å². The number of nitrogens with one attached hydrogen (secondary N) is 1. The highest BCUT2D eigenvalue weighted by atomic mass is 16.3. The summed E-state index contributed by atoms with van der Waals surface area (Å²) >= 11 is 0. The van der Waals surface area contributed by atoms with Crippen molar-refractivity contribution in [2.24, 2.45) is 0 Å². The molecule has 0 rings (SSSR count). The minimum absolute atomic E-state index is 0.350. The Kier molecular flexibility index (Phi) is 35.2. The van der Waals surface area contributed by atoms with Crippen molar-refractivity contribution in [2.45, 2.75) is 205 Å². The summed E-state index contributed by atoms with van der Waals surface area (Å²) in [6.45, 7) is 3.80. The molecule has 0 spiro atoms. The number of allylic oxidation sites excluding steroid dienone is 8. The maximum absolute atomic E-state index is 12.5.